The van der Waals surface area contributed by atoms with Crippen molar-refractivity contribution in [3.8, 4) is 0 Å². The predicted molar refractivity (Wildman–Crippen MR) is 111 cm³/mol. The Morgan fingerprint density at radius 1 is 0.778 bits per heavy atom. The van der Waals surface area contributed by atoms with Gasteiger partial charge in [-0.1, -0.05) is 58.4 Å². The van der Waals surface area contributed by atoms with Gasteiger partial charge in [0.1, 0.15) is 0 Å². The van der Waals surface area contributed by atoms with Crippen molar-refractivity contribution in [2.24, 2.45) is 0 Å². The van der Waals surface area contributed by atoms with E-state index in [2.05, 4.69) is 28.1 Å². The largest absolute Gasteiger partial charge is 0.478 e. The van der Waals surface area contributed by atoms with Crippen LogP contribution in [-0.4, -0.2) is 22.2 Å². The van der Waals surface area contributed by atoms with Gasteiger partial charge >= 0.3 is 11.9 Å². The van der Waals surface area contributed by atoms with Gasteiger partial charge in [0, 0.05) is 15.1 Å². The van der Waals surface area contributed by atoms with Crippen molar-refractivity contribution in [3.05, 3.63) is 100 Å². The number of benzene rings is 3. The quantitative estimate of drug-likeness (QED) is 0.484. The van der Waals surface area contributed by atoms with Crippen molar-refractivity contribution in [1.29, 1.82) is 0 Å². The number of hydrogen-bond donors (Lipinski definition) is 2. The molecule has 0 saturated heterocycles. The molecule has 27 heavy (non-hydrogen) atoms. The van der Waals surface area contributed by atoms with E-state index in [4.69, 9.17) is 10.2 Å². The summed E-state index contributed by atoms with van der Waals surface area (Å²) in [6, 6.07) is 23.7. The summed E-state index contributed by atoms with van der Waals surface area (Å²) in [6.07, 6.45) is 0. The van der Waals surface area contributed by atoms with Crippen LogP contribution in [-0.2, 0) is 5.75 Å². The number of hydrogen-bond acceptors (Lipinski definition) is 3. The summed E-state index contributed by atoms with van der Waals surface area (Å²) in [4.78, 5) is 22.1. The lowest BCUT2D eigenvalue weighted by molar-refractivity contribution is 0.0686. The monoisotopic (exact) mass is 444 g/mol. The van der Waals surface area contributed by atoms with Gasteiger partial charge < -0.3 is 10.2 Å². The average molecular weight is 445 g/mol. The fraction of sp³-hybridized carbons (Fsp3) is 0.0476. The summed E-state index contributed by atoms with van der Waals surface area (Å²) in [6.45, 7) is 0. The summed E-state index contributed by atoms with van der Waals surface area (Å²) in [5, 5.41) is 17.4. The van der Waals surface area contributed by atoms with Crippen molar-refractivity contribution in [1.82, 2.24) is 0 Å². The Kier molecular flexibility index (Phi) is 8.10. The molecule has 6 heteroatoms. The van der Waals surface area contributed by atoms with E-state index >= 15 is 0 Å². The van der Waals surface area contributed by atoms with Crippen LogP contribution in [0.4, 0.5) is 0 Å². The molecule has 3 rings (SSSR count). The lowest BCUT2D eigenvalue weighted by Gasteiger charge is -2.03. The predicted octanol–water partition coefficient (Wildman–Crippen LogP) is 5.82. The van der Waals surface area contributed by atoms with Crippen molar-refractivity contribution < 1.29 is 19.8 Å². The minimum Gasteiger partial charge on any atom is -0.478 e. The molecule has 3 aromatic rings. The van der Waals surface area contributed by atoms with E-state index in [0.29, 0.717) is 11.1 Å². The standard InChI is InChI=1S/C14H12O2S.C7H5BrO2/c15-14(16)12-7-4-8-13(9-12)17-10-11-5-2-1-3-6-11;8-6-3-1-2-5(4-6)7(9)10/h1-9H,10H2,(H,15,16);1-4H,(H,9,10). The highest BCUT2D eigenvalue weighted by Gasteiger charge is 2.03. The second-order valence-electron chi connectivity index (χ2n) is 5.42. The maximum absolute atomic E-state index is 10.8. The molecule has 0 heterocycles. The molecule has 3 aromatic carbocycles. The summed E-state index contributed by atoms with van der Waals surface area (Å²) in [5.41, 5.74) is 1.87. The topological polar surface area (TPSA) is 74.6 Å². The van der Waals surface area contributed by atoms with Gasteiger partial charge in [0.05, 0.1) is 11.1 Å². The van der Waals surface area contributed by atoms with Crippen LogP contribution in [0.3, 0.4) is 0 Å². The number of carboxylic acid groups (broad SMARTS) is 2. The highest BCUT2D eigenvalue weighted by atomic mass is 79.9. The summed E-state index contributed by atoms with van der Waals surface area (Å²) < 4.78 is 0.785. The Hall–Kier alpha value is -2.57. The Morgan fingerprint density at radius 2 is 1.37 bits per heavy atom. The first-order valence-corrected chi connectivity index (χ1v) is 9.72. The Labute approximate surface area is 170 Å². The third-order valence-electron chi connectivity index (χ3n) is 3.40. The summed E-state index contributed by atoms with van der Waals surface area (Å²) >= 11 is 4.81. The Bertz CT molecular complexity index is 913. The van der Waals surface area contributed by atoms with E-state index in [1.807, 2.05) is 24.3 Å². The van der Waals surface area contributed by atoms with Crippen LogP contribution in [0.2, 0.25) is 0 Å². The lowest BCUT2D eigenvalue weighted by atomic mass is 10.2. The lowest BCUT2D eigenvalue weighted by Crippen LogP contribution is -1.95. The molecule has 0 saturated carbocycles. The van der Waals surface area contributed by atoms with E-state index in [0.717, 1.165) is 15.1 Å². The molecule has 0 unspecified atom stereocenters. The first-order chi connectivity index (χ1) is 13.0. The molecule has 138 valence electrons. The molecule has 0 atom stereocenters. The number of aromatic carboxylic acids is 2. The zero-order valence-corrected chi connectivity index (χ0v) is 16.6. The van der Waals surface area contributed by atoms with Crippen LogP contribution in [0.25, 0.3) is 0 Å². The van der Waals surface area contributed by atoms with Gasteiger partial charge in [-0.25, -0.2) is 9.59 Å². The van der Waals surface area contributed by atoms with Crippen LogP contribution in [0, 0.1) is 0 Å². The maximum Gasteiger partial charge on any atom is 0.335 e. The van der Waals surface area contributed by atoms with Gasteiger partial charge in [0.25, 0.3) is 0 Å². The molecular formula is C21H17BrO4S. The molecule has 0 aromatic heterocycles. The van der Waals surface area contributed by atoms with Crippen LogP contribution < -0.4 is 0 Å². The highest BCUT2D eigenvalue weighted by Crippen LogP contribution is 2.23. The SMILES string of the molecule is O=C(O)c1cccc(Br)c1.O=C(O)c1cccc(SCc2ccccc2)c1. The minimum absolute atomic E-state index is 0.300. The molecule has 0 aliphatic carbocycles. The van der Waals surface area contributed by atoms with Gasteiger partial charge in [-0.3, -0.25) is 0 Å². The van der Waals surface area contributed by atoms with Gasteiger partial charge in [-0.15, -0.1) is 11.8 Å². The van der Waals surface area contributed by atoms with Crippen LogP contribution >= 0.6 is 27.7 Å². The second kappa shape index (κ2) is 10.5. The van der Waals surface area contributed by atoms with Crippen LogP contribution in [0.5, 0.6) is 0 Å². The third-order valence-corrected chi connectivity index (χ3v) is 4.96. The molecule has 0 radical (unpaired) electrons. The Morgan fingerprint density at radius 3 is 1.93 bits per heavy atom. The van der Waals surface area contributed by atoms with Crippen LogP contribution in [0.1, 0.15) is 26.3 Å². The minimum atomic E-state index is -0.902. The van der Waals surface area contributed by atoms with E-state index in [1.165, 1.54) is 5.56 Å². The number of rotatable bonds is 5. The van der Waals surface area contributed by atoms with Gasteiger partial charge in [-0.05, 0) is 42.0 Å². The molecule has 0 aliphatic rings. The smallest absolute Gasteiger partial charge is 0.335 e. The van der Waals surface area contributed by atoms with Crippen molar-refractivity contribution in [2.45, 2.75) is 10.6 Å². The normalized spacial score (nSPS) is 9.81. The fourth-order valence-electron chi connectivity index (χ4n) is 2.08. The van der Waals surface area contributed by atoms with Crippen molar-refractivity contribution in [3.63, 3.8) is 0 Å². The molecule has 0 aliphatic heterocycles. The zero-order chi connectivity index (χ0) is 19.6. The molecular weight excluding hydrogens is 428 g/mol. The molecule has 0 fully saturated rings. The van der Waals surface area contributed by atoms with Gasteiger partial charge in [-0.2, -0.15) is 0 Å². The summed E-state index contributed by atoms with van der Waals surface area (Å²) in [5.74, 6) is -0.933. The average Bonchev–Trinajstić information content (AvgIpc) is 2.68. The molecule has 2 N–H and O–H groups in total. The van der Waals surface area contributed by atoms with Gasteiger partial charge in [0.2, 0.25) is 0 Å². The number of carboxylic acids is 2. The molecule has 4 nitrogen and oxygen atoms in total. The molecule has 0 bridgehead atoms. The first kappa shape index (κ1) is 20.7. The Balaban J connectivity index is 0.000000223. The highest BCUT2D eigenvalue weighted by molar-refractivity contribution is 9.10. The van der Waals surface area contributed by atoms with Crippen molar-refractivity contribution in [2.75, 3.05) is 0 Å². The zero-order valence-electron chi connectivity index (χ0n) is 14.2. The molecule has 0 spiro atoms. The van der Waals surface area contributed by atoms with E-state index in [1.54, 1.807) is 54.2 Å². The van der Waals surface area contributed by atoms with Crippen molar-refractivity contribution >= 4 is 39.6 Å². The fourth-order valence-corrected chi connectivity index (χ4v) is 3.39. The number of halogens is 1. The van der Waals surface area contributed by atoms with E-state index in [9.17, 15) is 9.59 Å². The van der Waals surface area contributed by atoms with Crippen LogP contribution in [0.15, 0.2) is 88.2 Å². The number of carbonyl (C=O) groups is 2. The number of thioether (sulfide) groups is 1. The third kappa shape index (κ3) is 7.29. The summed E-state index contributed by atoms with van der Waals surface area (Å²) in [7, 11) is 0. The second-order valence-corrected chi connectivity index (χ2v) is 7.39. The van der Waals surface area contributed by atoms with E-state index < -0.39 is 11.9 Å². The first-order valence-electron chi connectivity index (χ1n) is 7.94. The van der Waals surface area contributed by atoms with Gasteiger partial charge in [0.15, 0.2) is 0 Å². The molecule has 0 amide bonds. The van der Waals surface area contributed by atoms with E-state index in [-0.39, 0.29) is 0 Å². The maximum atomic E-state index is 10.8.